The zero-order valence-corrected chi connectivity index (χ0v) is 10.8. The Labute approximate surface area is 110 Å². The van der Waals surface area contributed by atoms with Crippen LogP contribution in [0.4, 0.5) is 5.69 Å². The van der Waals surface area contributed by atoms with Crippen molar-refractivity contribution >= 4 is 29.1 Å². The predicted octanol–water partition coefficient (Wildman–Crippen LogP) is 0.573. The normalized spacial score (nSPS) is 9.89. The van der Waals surface area contributed by atoms with Crippen LogP contribution >= 0.6 is 11.6 Å². The Hall–Kier alpha value is -1.82. The highest BCUT2D eigenvalue weighted by atomic mass is 35.5. The summed E-state index contributed by atoms with van der Waals surface area (Å²) in [6, 6.07) is 1.39. The van der Waals surface area contributed by atoms with Gasteiger partial charge in [-0.15, -0.1) is 0 Å². The maximum Gasteiger partial charge on any atom is 0.253 e. The minimum absolute atomic E-state index is 0.112. The van der Waals surface area contributed by atoms with E-state index in [9.17, 15) is 9.59 Å². The molecule has 0 saturated carbocycles. The van der Waals surface area contributed by atoms with Crippen molar-refractivity contribution in [2.75, 3.05) is 18.8 Å². The first-order chi connectivity index (χ1) is 8.54. The van der Waals surface area contributed by atoms with E-state index >= 15 is 0 Å². The molecule has 6 nitrogen and oxygen atoms in total. The molecule has 1 aromatic heterocycles. The third kappa shape index (κ3) is 4.21. The number of carbonyl (C=O) groups excluding carboxylic acids is 2. The van der Waals surface area contributed by atoms with Crippen molar-refractivity contribution < 1.29 is 9.59 Å². The summed E-state index contributed by atoms with van der Waals surface area (Å²) >= 11 is 5.68. The van der Waals surface area contributed by atoms with Crippen LogP contribution in [0.15, 0.2) is 12.3 Å². The molecule has 2 amide bonds. The Balaban J connectivity index is 2.50. The Morgan fingerprint density at radius 1 is 1.44 bits per heavy atom. The number of nitrogen functional groups attached to an aromatic ring is 1. The highest BCUT2D eigenvalue weighted by Crippen LogP contribution is 2.14. The van der Waals surface area contributed by atoms with Gasteiger partial charge in [0.25, 0.3) is 5.91 Å². The number of carbonyl (C=O) groups is 2. The first kappa shape index (κ1) is 14.2. The van der Waals surface area contributed by atoms with Crippen LogP contribution in [0, 0.1) is 0 Å². The molecule has 1 heterocycles. The third-order valence-corrected chi connectivity index (χ3v) is 2.36. The number of aromatic nitrogens is 1. The second-order valence-electron chi connectivity index (χ2n) is 3.55. The van der Waals surface area contributed by atoms with Crippen LogP contribution in [0.1, 0.15) is 23.7 Å². The molecule has 0 bridgehead atoms. The van der Waals surface area contributed by atoms with Crippen molar-refractivity contribution in [2.24, 2.45) is 0 Å². The fraction of sp³-hybridized carbons (Fsp3) is 0.364. The second kappa shape index (κ2) is 6.80. The lowest BCUT2D eigenvalue weighted by molar-refractivity contribution is -0.120. The zero-order chi connectivity index (χ0) is 13.5. The Morgan fingerprint density at radius 3 is 2.83 bits per heavy atom. The van der Waals surface area contributed by atoms with Gasteiger partial charge >= 0.3 is 0 Å². The lowest BCUT2D eigenvalue weighted by Crippen LogP contribution is -2.31. The average molecular weight is 271 g/mol. The van der Waals surface area contributed by atoms with Gasteiger partial charge in [-0.05, 0) is 13.0 Å². The van der Waals surface area contributed by atoms with E-state index in [4.69, 9.17) is 17.3 Å². The average Bonchev–Trinajstić information content (AvgIpc) is 2.32. The lowest BCUT2D eigenvalue weighted by atomic mass is 10.2. The summed E-state index contributed by atoms with van der Waals surface area (Å²) < 4.78 is 0. The summed E-state index contributed by atoms with van der Waals surface area (Å²) in [6.45, 7) is 2.64. The van der Waals surface area contributed by atoms with Crippen molar-refractivity contribution in [1.82, 2.24) is 15.6 Å². The number of nitrogens with two attached hydrogens (primary N) is 1. The molecule has 7 heteroatoms. The molecule has 1 aromatic rings. The molecule has 18 heavy (non-hydrogen) atoms. The maximum absolute atomic E-state index is 11.7. The van der Waals surface area contributed by atoms with E-state index in [-0.39, 0.29) is 41.2 Å². The van der Waals surface area contributed by atoms with Gasteiger partial charge in [0.05, 0.1) is 17.4 Å². The monoisotopic (exact) mass is 270 g/mol. The summed E-state index contributed by atoms with van der Waals surface area (Å²) in [5.74, 6) is -0.486. The number of hydrogen-bond donors (Lipinski definition) is 3. The highest BCUT2D eigenvalue weighted by Gasteiger charge is 2.11. The van der Waals surface area contributed by atoms with Gasteiger partial charge in [-0.25, -0.2) is 4.98 Å². The van der Waals surface area contributed by atoms with Crippen LogP contribution in [0.5, 0.6) is 0 Å². The molecule has 0 aromatic carbocycles. The highest BCUT2D eigenvalue weighted by molar-refractivity contribution is 6.29. The zero-order valence-electron chi connectivity index (χ0n) is 10.00. The summed E-state index contributed by atoms with van der Waals surface area (Å²) in [5.41, 5.74) is 6.11. The third-order valence-electron chi connectivity index (χ3n) is 2.16. The molecular weight excluding hydrogens is 256 g/mol. The van der Waals surface area contributed by atoms with Crippen LogP contribution in [-0.2, 0) is 4.79 Å². The van der Waals surface area contributed by atoms with Crippen molar-refractivity contribution in [1.29, 1.82) is 0 Å². The van der Waals surface area contributed by atoms with E-state index in [2.05, 4.69) is 15.6 Å². The van der Waals surface area contributed by atoms with E-state index in [1.807, 2.05) is 6.92 Å². The van der Waals surface area contributed by atoms with E-state index < -0.39 is 0 Å². The van der Waals surface area contributed by atoms with E-state index in [0.717, 1.165) is 0 Å². The van der Waals surface area contributed by atoms with Crippen molar-refractivity contribution in [2.45, 2.75) is 13.3 Å². The lowest BCUT2D eigenvalue weighted by Gasteiger charge is -2.07. The molecule has 0 fully saturated rings. The first-order valence-corrected chi connectivity index (χ1v) is 5.88. The SMILES string of the molecule is CCNC(=O)CCNC(=O)c1cc(Cl)ncc1N. The summed E-state index contributed by atoms with van der Waals surface area (Å²) in [6.07, 6.45) is 1.54. The minimum Gasteiger partial charge on any atom is -0.397 e. The van der Waals surface area contributed by atoms with Gasteiger partial charge in [-0.2, -0.15) is 0 Å². The topological polar surface area (TPSA) is 97.1 Å². The Kier molecular flexibility index (Phi) is 5.38. The van der Waals surface area contributed by atoms with E-state index in [0.29, 0.717) is 6.54 Å². The molecule has 0 aliphatic rings. The summed E-state index contributed by atoms with van der Waals surface area (Å²) in [5, 5.41) is 5.42. The maximum atomic E-state index is 11.7. The van der Waals surface area contributed by atoms with Gasteiger partial charge in [-0.3, -0.25) is 9.59 Å². The van der Waals surface area contributed by atoms with E-state index in [1.165, 1.54) is 12.3 Å². The van der Waals surface area contributed by atoms with Gasteiger partial charge in [0.2, 0.25) is 5.91 Å². The standard InChI is InChI=1S/C11H15ClN4O2/c1-2-14-10(17)3-4-15-11(18)7-5-9(12)16-6-8(7)13/h5-6H,2-4,13H2,1H3,(H,14,17)(H,15,18). The molecule has 0 aliphatic heterocycles. The quantitative estimate of drug-likeness (QED) is 0.682. The number of nitrogens with one attached hydrogen (secondary N) is 2. The molecular formula is C11H15ClN4O2. The first-order valence-electron chi connectivity index (χ1n) is 5.50. The summed E-state index contributed by atoms with van der Waals surface area (Å²) in [4.78, 5) is 26.7. The molecule has 0 radical (unpaired) electrons. The fourth-order valence-electron chi connectivity index (χ4n) is 1.31. The second-order valence-corrected chi connectivity index (χ2v) is 3.94. The molecule has 98 valence electrons. The molecule has 0 spiro atoms. The van der Waals surface area contributed by atoms with Crippen LogP contribution < -0.4 is 16.4 Å². The summed E-state index contributed by atoms with van der Waals surface area (Å²) in [7, 11) is 0. The molecule has 0 aliphatic carbocycles. The number of hydrogen-bond acceptors (Lipinski definition) is 4. The van der Waals surface area contributed by atoms with Gasteiger partial charge < -0.3 is 16.4 Å². The van der Waals surface area contributed by atoms with Gasteiger partial charge in [0, 0.05) is 19.5 Å². The van der Waals surface area contributed by atoms with Crippen LogP contribution in [0.3, 0.4) is 0 Å². The number of amides is 2. The smallest absolute Gasteiger partial charge is 0.253 e. The fourth-order valence-corrected chi connectivity index (χ4v) is 1.47. The number of pyridine rings is 1. The van der Waals surface area contributed by atoms with Gasteiger partial charge in [0.1, 0.15) is 5.15 Å². The molecule has 0 saturated heterocycles. The predicted molar refractivity (Wildman–Crippen MR) is 69.3 cm³/mol. The number of rotatable bonds is 5. The van der Waals surface area contributed by atoms with Crippen molar-refractivity contribution in [3.8, 4) is 0 Å². The molecule has 1 rings (SSSR count). The number of halogens is 1. The van der Waals surface area contributed by atoms with Gasteiger partial charge in [-0.1, -0.05) is 11.6 Å². The molecule has 4 N–H and O–H groups in total. The minimum atomic E-state index is -0.374. The van der Waals surface area contributed by atoms with Crippen LogP contribution in [-0.4, -0.2) is 29.9 Å². The number of anilines is 1. The Morgan fingerprint density at radius 2 is 2.17 bits per heavy atom. The molecule has 0 atom stereocenters. The number of nitrogens with zero attached hydrogens (tertiary/aromatic N) is 1. The Bertz CT molecular complexity index is 451. The van der Waals surface area contributed by atoms with Crippen molar-refractivity contribution in [3.05, 3.63) is 23.0 Å². The van der Waals surface area contributed by atoms with Crippen LogP contribution in [0.25, 0.3) is 0 Å². The molecule has 0 unspecified atom stereocenters. The largest absolute Gasteiger partial charge is 0.397 e. The van der Waals surface area contributed by atoms with E-state index in [1.54, 1.807) is 0 Å². The van der Waals surface area contributed by atoms with Crippen LogP contribution in [0.2, 0.25) is 5.15 Å². The van der Waals surface area contributed by atoms with Crippen molar-refractivity contribution in [3.63, 3.8) is 0 Å². The van der Waals surface area contributed by atoms with Gasteiger partial charge in [0.15, 0.2) is 0 Å².